The van der Waals surface area contributed by atoms with Gasteiger partial charge in [0.15, 0.2) is 0 Å². The molecule has 0 aromatic carbocycles. The van der Waals surface area contributed by atoms with E-state index in [0.717, 1.165) is 30.8 Å². The van der Waals surface area contributed by atoms with Gasteiger partial charge in [-0.25, -0.2) is 4.98 Å². The molecule has 0 aliphatic carbocycles. The van der Waals surface area contributed by atoms with Crippen LogP contribution in [0.2, 0.25) is 0 Å². The molecule has 0 radical (unpaired) electrons. The number of anilines is 1. The third-order valence-corrected chi connectivity index (χ3v) is 1.85. The van der Waals surface area contributed by atoms with Gasteiger partial charge in [0.1, 0.15) is 5.82 Å². The summed E-state index contributed by atoms with van der Waals surface area (Å²) < 4.78 is 0. The maximum absolute atomic E-state index is 11.1. The summed E-state index contributed by atoms with van der Waals surface area (Å²) in [6.07, 6.45) is 3.28. The summed E-state index contributed by atoms with van der Waals surface area (Å²) in [5, 5.41) is 3.07. The fourth-order valence-electron chi connectivity index (χ4n) is 1.28. The summed E-state index contributed by atoms with van der Waals surface area (Å²) in [6.45, 7) is 0.920. The number of aromatic nitrogens is 2. The lowest BCUT2D eigenvalue weighted by Gasteiger charge is -2.14. The van der Waals surface area contributed by atoms with Crippen LogP contribution in [0.15, 0.2) is 11.1 Å². The number of rotatable bonds is 0. The Morgan fingerprint density at radius 2 is 2.45 bits per heavy atom. The molecule has 2 heterocycles. The Labute approximate surface area is 63.7 Å². The van der Waals surface area contributed by atoms with Gasteiger partial charge in [0, 0.05) is 6.54 Å². The molecule has 0 fully saturated rings. The second kappa shape index (κ2) is 2.38. The molecule has 1 aliphatic heterocycles. The molecule has 11 heavy (non-hydrogen) atoms. The molecule has 2 N–H and O–H groups in total. The quantitative estimate of drug-likeness (QED) is 0.554. The van der Waals surface area contributed by atoms with Crippen LogP contribution in [0, 0.1) is 0 Å². The highest BCUT2D eigenvalue weighted by molar-refractivity contribution is 5.43. The topological polar surface area (TPSA) is 57.8 Å². The van der Waals surface area contributed by atoms with E-state index in [-0.39, 0.29) is 5.56 Å². The molecule has 0 amide bonds. The van der Waals surface area contributed by atoms with Crippen molar-refractivity contribution in [1.29, 1.82) is 0 Å². The Balaban J connectivity index is 2.58. The van der Waals surface area contributed by atoms with Crippen LogP contribution in [0.1, 0.15) is 12.0 Å². The largest absolute Gasteiger partial charge is 0.370 e. The van der Waals surface area contributed by atoms with Crippen LogP contribution in [0.25, 0.3) is 0 Å². The van der Waals surface area contributed by atoms with Crippen LogP contribution in [0.5, 0.6) is 0 Å². The molecule has 4 heteroatoms. The monoisotopic (exact) mass is 151 g/mol. The first-order chi connectivity index (χ1) is 5.38. The second-order valence-corrected chi connectivity index (χ2v) is 2.59. The van der Waals surface area contributed by atoms with Gasteiger partial charge < -0.3 is 10.3 Å². The number of aromatic amines is 1. The van der Waals surface area contributed by atoms with Gasteiger partial charge in [-0.15, -0.1) is 0 Å². The minimum atomic E-state index is -0.0119. The van der Waals surface area contributed by atoms with E-state index in [0.29, 0.717) is 0 Å². The van der Waals surface area contributed by atoms with Crippen LogP contribution >= 0.6 is 0 Å². The Hall–Kier alpha value is -1.32. The molecule has 1 aromatic heterocycles. The average molecular weight is 151 g/mol. The van der Waals surface area contributed by atoms with E-state index in [9.17, 15) is 4.79 Å². The van der Waals surface area contributed by atoms with Crippen LogP contribution < -0.4 is 10.9 Å². The minimum absolute atomic E-state index is 0.0119. The highest BCUT2D eigenvalue weighted by Crippen LogP contribution is 2.12. The van der Waals surface area contributed by atoms with Crippen molar-refractivity contribution in [3.63, 3.8) is 0 Å². The summed E-state index contributed by atoms with van der Waals surface area (Å²) >= 11 is 0. The number of hydrogen-bond donors (Lipinski definition) is 2. The fourth-order valence-corrected chi connectivity index (χ4v) is 1.28. The number of nitrogens with one attached hydrogen (secondary N) is 2. The lowest BCUT2D eigenvalue weighted by Crippen LogP contribution is -2.22. The smallest absolute Gasteiger partial charge is 0.256 e. The van der Waals surface area contributed by atoms with Gasteiger partial charge in [-0.1, -0.05) is 0 Å². The summed E-state index contributed by atoms with van der Waals surface area (Å²) in [5.74, 6) is 0.750. The molecule has 58 valence electrons. The summed E-state index contributed by atoms with van der Waals surface area (Å²) in [7, 11) is 0. The highest BCUT2D eigenvalue weighted by Gasteiger charge is 2.11. The minimum Gasteiger partial charge on any atom is -0.370 e. The average Bonchev–Trinajstić information content (AvgIpc) is 2.06. The van der Waals surface area contributed by atoms with Crippen LogP contribution in [-0.2, 0) is 6.42 Å². The van der Waals surface area contributed by atoms with E-state index in [1.807, 2.05) is 0 Å². The molecule has 0 spiro atoms. The zero-order valence-corrected chi connectivity index (χ0v) is 6.05. The number of fused-ring (bicyclic) bond motifs is 1. The zero-order valence-electron chi connectivity index (χ0n) is 6.05. The maximum atomic E-state index is 11.1. The lowest BCUT2D eigenvalue weighted by molar-refractivity contribution is 0.798. The summed E-state index contributed by atoms with van der Waals surface area (Å²) in [5.41, 5.74) is 0.779. The standard InChI is InChI=1S/C7H9N3O/c11-7-5-2-1-3-8-6(5)9-4-10-7/h4H,1-3H2,(H2,8,9,10,11). The van der Waals surface area contributed by atoms with E-state index >= 15 is 0 Å². The molecule has 1 aliphatic rings. The van der Waals surface area contributed by atoms with Gasteiger partial charge in [-0.2, -0.15) is 0 Å². The number of nitrogens with zero attached hydrogens (tertiary/aromatic N) is 1. The SMILES string of the molecule is O=c1[nH]cnc2c1CCCN2. The molecule has 4 nitrogen and oxygen atoms in total. The molecular formula is C7H9N3O. The van der Waals surface area contributed by atoms with E-state index < -0.39 is 0 Å². The lowest BCUT2D eigenvalue weighted by atomic mass is 10.1. The Morgan fingerprint density at radius 1 is 1.55 bits per heavy atom. The molecule has 0 saturated carbocycles. The molecule has 0 atom stereocenters. The van der Waals surface area contributed by atoms with E-state index in [1.165, 1.54) is 6.33 Å². The number of H-pyrrole nitrogens is 1. The van der Waals surface area contributed by atoms with Gasteiger partial charge in [0.2, 0.25) is 0 Å². The highest BCUT2D eigenvalue weighted by atomic mass is 16.1. The normalized spacial score (nSPS) is 15.3. The first-order valence-electron chi connectivity index (χ1n) is 3.68. The van der Waals surface area contributed by atoms with E-state index in [4.69, 9.17) is 0 Å². The summed E-state index contributed by atoms with van der Waals surface area (Å²) in [4.78, 5) is 17.7. The molecule has 1 aromatic rings. The van der Waals surface area contributed by atoms with Crippen LogP contribution in [0.3, 0.4) is 0 Å². The summed E-state index contributed by atoms with van der Waals surface area (Å²) in [6, 6.07) is 0. The third-order valence-electron chi connectivity index (χ3n) is 1.85. The second-order valence-electron chi connectivity index (χ2n) is 2.59. The van der Waals surface area contributed by atoms with Gasteiger partial charge >= 0.3 is 0 Å². The molecule has 0 unspecified atom stereocenters. The van der Waals surface area contributed by atoms with Crippen molar-refractivity contribution in [2.24, 2.45) is 0 Å². The molecule has 2 rings (SSSR count). The van der Waals surface area contributed by atoms with Gasteiger partial charge in [-0.3, -0.25) is 4.79 Å². The van der Waals surface area contributed by atoms with Crippen molar-refractivity contribution in [2.45, 2.75) is 12.8 Å². The van der Waals surface area contributed by atoms with Crippen LogP contribution in [0.4, 0.5) is 5.82 Å². The predicted molar refractivity (Wildman–Crippen MR) is 41.7 cm³/mol. The van der Waals surface area contributed by atoms with Crippen molar-refractivity contribution in [3.05, 3.63) is 22.2 Å². The first kappa shape index (κ1) is 6.39. The van der Waals surface area contributed by atoms with Crippen molar-refractivity contribution in [2.75, 3.05) is 11.9 Å². The molecule has 0 bridgehead atoms. The Kier molecular flexibility index (Phi) is 1.38. The zero-order chi connectivity index (χ0) is 7.68. The predicted octanol–water partition coefficient (Wildman–Crippen LogP) is 0.128. The molecule has 0 saturated heterocycles. The fraction of sp³-hybridized carbons (Fsp3) is 0.429. The maximum Gasteiger partial charge on any atom is 0.256 e. The Morgan fingerprint density at radius 3 is 3.27 bits per heavy atom. The van der Waals surface area contributed by atoms with Crippen molar-refractivity contribution in [3.8, 4) is 0 Å². The third kappa shape index (κ3) is 1.00. The Bertz CT molecular complexity index is 318. The first-order valence-corrected chi connectivity index (χ1v) is 3.68. The number of hydrogen-bond acceptors (Lipinski definition) is 3. The van der Waals surface area contributed by atoms with Crippen molar-refractivity contribution >= 4 is 5.82 Å². The van der Waals surface area contributed by atoms with Gasteiger partial charge in [0.05, 0.1) is 11.9 Å². The van der Waals surface area contributed by atoms with E-state index in [1.54, 1.807) is 0 Å². The van der Waals surface area contributed by atoms with Crippen molar-refractivity contribution in [1.82, 2.24) is 9.97 Å². The molecular weight excluding hydrogens is 142 g/mol. The van der Waals surface area contributed by atoms with Gasteiger partial charge in [-0.05, 0) is 12.8 Å². The van der Waals surface area contributed by atoms with Crippen molar-refractivity contribution < 1.29 is 0 Å². The van der Waals surface area contributed by atoms with Gasteiger partial charge in [0.25, 0.3) is 5.56 Å². The van der Waals surface area contributed by atoms with E-state index in [2.05, 4.69) is 15.3 Å². The van der Waals surface area contributed by atoms with Crippen LogP contribution in [-0.4, -0.2) is 16.5 Å².